The molecule has 0 radical (unpaired) electrons. The van der Waals surface area contributed by atoms with E-state index in [1.165, 1.54) is 19.6 Å². The van der Waals surface area contributed by atoms with Gasteiger partial charge in [-0.1, -0.05) is 20.8 Å². The fourth-order valence-corrected chi connectivity index (χ4v) is 6.16. The summed E-state index contributed by atoms with van der Waals surface area (Å²) in [6.45, 7) is 18.6. The molecule has 4 atom stereocenters. The minimum absolute atomic E-state index is 0.00591. The molecule has 8 heteroatoms. The fourth-order valence-electron chi connectivity index (χ4n) is 4.82. The van der Waals surface area contributed by atoms with Gasteiger partial charge < -0.3 is 20.4 Å². The Bertz CT molecular complexity index is 659. The second-order valence-corrected chi connectivity index (χ2v) is 12.6. The smallest absolute Gasteiger partial charge is 0.239 e. The normalized spacial score (nSPS) is 26.9. The average Bonchev–Trinajstić information content (AvgIpc) is 3.07. The predicted octanol–water partition coefficient (Wildman–Crippen LogP) is 2.59. The van der Waals surface area contributed by atoms with Gasteiger partial charge in [-0.25, -0.2) is 8.42 Å². The number of carbonyl (C=O) groups excluding carboxylic acids is 1. The van der Waals surface area contributed by atoms with Crippen LogP contribution in [0.1, 0.15) is 74.1 Å². The summed E-state index contributed by atoms with van der Waals surface area (Å²) in [6, 6.07) is 0.380. The first-order chi connectivity index (χ1) is 14.9. The maximum absolute atomic E-state index is 12.6. The molecule has 1 saturated heterocycles. The minimum atomic E-state index is -3.15. The van der Waals surface area contributed by atoms with Crippen molar-refractivity contribution in [3.05, 3.63) is 0 Å². The van der Waals surface area contributed by atoms with Crippen molar-refractivity contribution in [3.8, 4) is 0 Å². The number of amides is 1. The lowest BCUT2D eigenvalue weighted by molar-refractivity contribution is -0.132. The molecule has 2 aliphatic rings. The lowest BCUT2D eigenvalue weighted by Gasteiger charge is -2.44. The zero-order valence-electron chi connectivity index (χ0n) is 21.9. The van der Waals surface area contributed by atoms with Gasteiger partial charge in [0.2, 0.25) is 5.91 Å². The number of hydrogen-bond acceptors (Lipinski definition) is 6. The van der Waals surface area contributed by atoms with Crippen LogP contribution in [-0.4, -0.2) is 97.4 Å². The first-order valence-electron chi connectivity index (χ1n) is 12.6. The molecule has 0 aromatic heterocycles. The fraction of sp³-hybridized carbons (Fsp3) is 0.958. The highest BCUT2D eigenvalue weighted by atomic mass is 32.2. The first-order valence-corrected chi connectivity index (χ1v) is 14.3. The van der Waals surface area contributed by atoms with Crippen LogP contribution in [0.5, 0.6) is 0 Å². The van der Waals surface area contributed by atoms with E-state index in [-0.39, 0.29) is 28.9 Å². The summed E-state index contributed by atoms with van der Waals surface area (Å²) >= 11 is 0. The summed E-state index contributed by atoms with van der Waals surface area (Å²) in [4.78, 5) is 19.0. The number of hydrogen-bond donors (Lipinski definition) is 1. The van der Waals surface area contributed by atoms with Crippen LogP contribution in [0.25, 0.3) is 0 Å². The van der Waals surface area contributed by atoms with Gasteiger partial charge in [0.25, 0.3) is 0 Å². The first kappa shape index (κ1) is 29.3. The number of likely N-dealkylation sites (tertiary alicyclic amines) is 1. The van der Waals surface area contributed by atoms with Gasteiger partial charge in [-0.15, -0.1) is 0 Å². The molecule has 32 heavy (non-hydrogen) atoms. The van der Waals surface area contributed by atoms with Gasteiger partial charge in [0.05, 0.1) is 17.0 Å². The van der Waals surface area contributed by atoms with Crippen molar-refractivity contribution in [1.82, 2.24) is 14.7 Å². The molecule has 2 N–H and O–H groups in total. The van der Waals surface area contributed by atoms with Crippen molar-refractivity contribution in [1.29, 1.82) is 0 Å². The van der Waals surface area contributed by atoms with Crippen molar-refractivity contribution >= 4 is 15.7 Å². The van der Waals surface area contributed by atoms with E-state index in [0.29, 0.717) is 25.0 Å². The third-order valence-corrected chi connectivity index (χ3v) is 9.82. The Morgan fingerprint density at radius 1 is 1.03 bits per heavy atom. The molecule has 1 saturated carbocycles. The van der Waals surface area contributed by atoms with E-state index in [2.05, 4.69) is 51.5 Å². The highest BCUT2D eigenvalue weighted by Gasteiger charge is 2.43. The Balaban J connectivity index is 0.000000633. The second-order valence-electron chi connectivity index (χ2n) is 9.98. The topological polar surface area (TPSA) is 87.0 Å². The summed E-state index contributed by atoms with van der Waals surface area (Å²) < 4.78 is 25.1. The van der Waals surface area contributed by atoms with Crippen molar-refractivity contribution in [2.45, 2.75) is 104 Å². The highest BCUT2D eigenvalue weighted by Crippen LogP contribution is 2.35. The molecule has 0 spiro atoms. The van der Waals surface area contributed by atoms with Crippen LogP contribution in [0.2, 0.25) is 0 Å². The zero-order chi connectivity index (χ0) is 24.6. The summed E-state index contributed by atoms with van der Waals surface area (Å²) in [5.41, 5.74) is 5.89. The van der Waals surface area contributed by atoms with Gasteiger partial charge in [-0.3, -0.25) is 4.79 Å². The molecule has 190 valence electrons. The Labute approximate surface area is 198 Å². The zero-order valence-corrected chi connectivity index (χ0v) is 22.7. The van der Waals surface area contributed by atoms with E-state index in [9.17, 15) is 13.2 Å². The van der Waals surface area contributed by atoms with Gasteiger partial charge in [-0.2, -0.15) is 0 Å². The van der Waals surface area contributed by atoms with Crippen molar-refractivity contribution < 1.29 is 13.2 Å². The standard InChI is InChI=1S/C18H35N3O3S.C6H15N/c1-12(2)20(5)15-6-7-17(21-9-8-16(19)18(21)22)14(10-15)11-25(23,24)13(3)4;1-4-7(5-2)6-3/h12-17H,6-11,19H2,1-5H3;4-6H2,1-3H3/t14-,15+,16-,17-;/m0./s1. The SMILES string of the molecule is CC(C)N(C)[C@@H]1CC[C@H](N2CC[C@H](N)C2=O)[C@H](CS(=O)(=O)C(C)C)C1.CCN(CC)CC. The van der Waals surface area contributed by atoms with Crippen LogP contribution < -0.4 is 5.73 Å². The summed E-state index contributed by atoms with van der Waals surface area (Å²) in [5.74, 6) is 0.144. The van der Waals surface area contributed by atoms with E-state index in [1.807, 2.05) is 4.90 Å². The van der Waals surface area contributed by atoms with Crippen LogP contribution in [-0.2, 0) is 14.6 Å². The van der Waals surface area contributed by atoms with E-state index in [4.69, 9.17) is 5.73 Å². The van der Waals surface area contributed by atoms with E-state index >= 15 is 0 Å². The summed E-state index contributed by atoms with van der Waals surface area (Å²) in [6.07, 6.45) is 3.35. The molecule has 0 unspecified atom stereocenters. The minimum Gasteiger partial charge on any atom is -0.338 e. The largest absolute Gasteiger partial charge is 0.338 e. The third-order valence-electron chi connectivity index (χ3n) is 7.49. The van der Waals surface area contributed by atoms with E-state index in [0.717, 1.165) is 19.3 Å². The molecule has 1 amide bonds. The van der Waals surface area contributed by atoms with E-state index < -0.39 is 15.9 Å². The molecule has 2 fully saturated rings. The number of nitrogens with zero attached hydrogens (tertiary/aromatic N) is 3. The maximum Gasteiger partial charge on any atom is 0.239 e. The molecule has 1 heterocycles. The molecule has 1 aliphatic carbocycles. The van der Waals surface area contributed by atoms with E-state index in [1.54, 1.807) is 13.8 Å². The van der Waals surface area contributed by atoms with Crippen LogP contribution in [0.15, 0.2) is 0 Å². The predicted molar refractivity (Wildman–Crippen MR) is 135 cm³/mol. The van der Waals surface area contributed by atoms with Gasteiger partial charge >= 0.3 is 0 Å². The van der Waals surface area contributed by atoms with Crippen LogP contribution in [0.4, 0.5) is 0 Å². The molecule has 2 rings (SSSR count). The molecule has 7 nitrogen and oxygen atoms in total. The molecule has 1 aliphatic heterocycles. The summed E-state index contributed by atoms with van der Waals surface area (Å²) in [5, 5.41) is -0.382. The third kappa shape index (κ3) is 7.96. The highest BCUT2D eigenvalue weighted by molar-refractivity contribution is 7.91. The molecular weight excluding hydrogens is 424 g/mol. The lowest BCUT2D eigenvalue weighted by Crippen LogP contribution is -2.52. The van der Waals surface area contributed by atoms with Crippen molar-refractivity contribution in [2.75, 3.05) is 39.0 Å². The average molecular weight is 475 g/mol. The van der Waals surface area contributed by atoms with Crippen LogP contribution in [0, 0.1) is 5.92 Å². The van der Waals surface area contributed by atoms with Gasteiger partial charge in [-0.05, 0) is 86.0 Å². The van der Waals surface area contributed by atoms with Crippen LogP contribution >= 0.6 is 0 Å². The Morgan fingerprint density at radius 2 is 1.59 bits per heavy atom. The summed E-state index contributed by atoms with van der Waals surface area (Å²) in [7, 11) is -1.04. The molecular formula is C24H50N4O3S. The maximum atomic E-state index is 12.6. The Kier molecular flexibility index (Phi) is 12.1. The quantitative estimate of drug-likeness (QED) is 0.553. The number of sulfone groups is 1. The Hall–Kier alpha value is -0.700. The van der Waals surface area contributed by atoms with Gasteiger partial charge in [0.1, 0.15) is 0 Å². The number of rotatable bonds is 9. The van der Waals surface area contributed by atoms with Crippen molar-refractivity contribution in [3.63, 3.8) is 0 Å². The molecule has 0 bridgehead atoms. The van der Waals surface area contributed by atoms with Crippen LogP contribution in [0.3, 0.4) is 0 Å². The molecule has 0 aromatic rings. The Morgan fingerprint density at radius 3 is 1.97 bits per heavy atom. The second kappa shape index (κ2) is 13.3. The monoisotopic (exact) mass is 474 g/mol. The molecule has 0 aromatic carbocycles. The number of carbonyl (C=O) groups is 1. The van der Waals surface area contributed by atoms with Gasteiger partial charge in [0, 0.05) is 24.7 Å². The lowest BCUT2D eigenvalue weighted by atomic mass is 9.81. The van der Waals surface area contributed by atoms with Crippen molar-refractivity contribution in [2.24, 2.45) is 11.7 Å². The van der Waals surface area contributed by atoms with Gasteiger partial charge in [0.15, 0.2) is 9.84 Å². The number of nitrogens with two attached hydrogens (primary N) is 1.